The van der Waals surface area contributed by atoms with E-state index in [1.54, 1.807) is 14.2 Å². The molecular weight excluding hydrogens is 496 g/mol. The Labute approximate surface area is 216 Å². The maximum atomic E-state index is 5.31. The summed E-state index contributed by atoms with van der Waals surface area (Å²) >= 11 is 0. The van der Waals surface area contributed by atoms with Crippen molar-refractivity contribution >= 4 is 33.6 Å². The number of aliphatic imine (C=N–C) groups is 1. The van der Waals surface area contributed by atoms with Crippen molar-refractivity contribution in [3.63, 3.8) is 0 Å². The fourth-order valence-corrected chi connectivity index (χ4v) is 11.2. The Morgan fingerprint density at radius 2 is 1.27 bits per heavy atom. The standard InChI is InChI=1S/C19H21N2O2.C6H18NSi2.Zn/c1-14(20-16-9-5-7-11-18(16)22-3)13-15(2)21-17-10-6-8-12-19(17)23-4;1-8(2,3)7-9(4,5)6;/h5-13H,1-4H3;1-6H3;/q2*-1;+2/b14-13-,21-15?;;. The Balaban J connectivity index is 0.000000875. The molecule has 5 nitrogen and oxygen atoms in total. The minimum atomic E-state index is -1.11. The third-order valence-electron chi connectivity index (χ3n) is 3.85. The fourth-order valence-electron chi connectivity index (χ4n) is 3.20. The summed E-state index contributed by atoms with van der Waals surface area (Å²) in [5.74, 6) is 1.50. The van der Waals surface area contributed by atoms with Crippen LogP contribution in [0.5, 0.6) is 11.5 Å². The maximum absolute atomic E-state index is 5.31. The molecule has 0 amide bonds. The molecule has 0 aliphatic carbocycles. The van der Waals surface area contributed by atoms with E-state index >= 15 is 0 Å². The SMILES string of the molecule is COc1ccccc1N=C(C)/C=C(/C)[N-]c1ccccc1OC.C[Si](C)(C)[N-][Si](C)(C)C.[Zn+2]. The Morgan fingerprint density at radius 1 is 0.788 bits per heavy atom. The summed E-state index contributed by atoms with van der Waals surface area (Å²) < 4.78 is 15.4. The average molecular weight is 535 g/mol. The van der Waals surface area contributed by atoms with Crippen molar-refractivity contribution in [2.45, 2.75) is 53.1 Å². The molecule has 0 N–H and O–H groups in total. The first-order valence-corrected chi connectivity index (χ1v) is 17.7. The first-order valence-electron chi connectivity index (χ1n) is 10.8. The molecule has 0 heterocycles. The van der Waals surface area contributed by atoms with E-state index in [0.29, 0.717) is 0 Å². The van der Waals surface area contributed by atoms with E-state index in [4.69, 9.17) is 14.1 Å². The molecular formula is C25H39N3O2Si2Zn. The molecule has 0 saturated heterocycles. The number of allylic oxidation sites excluding steroid dienone is 2. The van der Waals surface area contributed by atoms with Gasteiger partial charge in [-0.05, 0) is 25.1 Å². The van der Waals surface area contributed by atoms with E-state index in [-0.39, 0.29) is 19.5 Å². The number of benzene rings is 2. The molecule has 2 aromatic carbocycles. The molecule has 33 heavy (non-hydrogen) atoms. The van der Waals surface area contributed by atoms with Crippen LogP contribution in [-0.2, 0) is 19.5 Å². The Morgan fingerprint density at radius 3 is 1.76 bits per heavy atom. The van der Waals surface area contributed by atoms with Gasteiger partial charge in [0.2, 0.25) is 0 Å². The zero-order chi connectivity index (χ0) is 24.4. The Kier molecular flexibility index (Phi) is 13.7. The topological polar surface area (TPSA) is 59.0 Å². The van der Waals surface area contributed by atoms with E-state index in [0.717, 1.165) is 34.3 Å². The molecule has 8 heteroatoms. The predicted octanol–water partition coefficient (Wildman–Crippen LogP) is 8.43. The fraction of sp³-hybridized carbons (Fsp3) is 0.400. The van der Waals surface area contributed by atoms with Crippen LogP contribution in [0.2, 0.25) is 39.3 Å². The molecule has 0 unspecified atom stereocenters. The van der Waals surface area contributed by atoms with Crippen LogP contribution in [0.3, 0.4) is 0 Å². The van der Waals surface area contributed by atoms with Gasteiger partial charge in [0.1, 0.15) is 17.2 Å². The minimum absolute atomic E-state index is 0. The summed E-state index contributed by atoms with van der Waals surface area (Å²) in [7, 11) is 1.07. The number of hydrogen-bond acceptors (Lipinski definition) is 3. The molecule has 0 atom stereocenters. The molecule has 0 aliphatic heterocycles. The number of ether oxygens (including phenoxy) is 2. The van der Waals surface area contributed by atoms with Gasteiger partial charge >= 0.3 is 19.5 Å². The summed E-state index contributed by atoms with van der Waals surface area (Å²) in [6.07, 6.45) is 1.93. The van der Waals surface area contributed by atoms with Crippen molar-refractivity contribution in [2.75, 3.05) is 14.2 Å². The zero-order valence-corrected chi connectivity index (χ0v) is 27.0. The molecule has 0 fully saturated rings. The van der Waals surface area contributed by atoms with Crippen molar-refractivity contribution in [1.29, 1.82) is 0 Å². The molecule has 0 spiro atoms. The molecule has 0 radical (unpaired) electrons. The van der Waals surface area contributed by atoms with Gasteiger partial charge in [0.25, 0.3) is 0 Å². The number of para-hydroxylation sites is 4. The summed E-state index contributed by atoms with van der Waals surface area (Å²) in [5, 5.41) is 4.58. The second-order valence-corrected chi connectivity index (χ2v) is 19.0. The minimum Gasteiger partial charge on any atom is -0.668 e. The number of methoxy groups -OCH3 is 2. The van der Waals surface area contributed by atoms with E-state index in [1.807, 2.05) is 68.5 Å². The summed E-state index contributed by atoms with van der Waals surface area (Å²) in [6.45, 7) is 17.7. The zero-order valence-electron chi connectivity index (χ0n) is 22.1. The molecule has 0 saturated carbocycles. The van der Waals surface area contributed by atoms with Gasteiger partial charge in [-0.15, -0.1) is 0 Å². The largest absolute Gasteiger partial charge is 2.00 e. The van der Waals surface area contributed by atoms with E-state index < -0.39 is 16.5 Å². The van der Waals surface area contributed by atoms with Gasteiger partial charge in [-0.3, -0.25) is 0 Å². The second kappa shape index (κ2) is 14.5. The van der Waals surface area contributed by atoms with Gasteiger partial charge < -0.3 is 19.4 Å². The van der Waals surface area contributed by atoms with Crippen LogP contribution in [0.1, 0.15) is 13.8 Å². The number of rotatable bonds is 8. The average Bonchev–Trinajstić information content (AvgIpc) is 2.66. The van der Waals surface area contributed by atoms with Gasteiger partial charge in [0.15, 0.2) is 0 Å². The smallest absolute Gasteiger partial charge is 0.668 e. The Bertz CT molecular complexity index is 908. The quantitative estimate of drug-likeness (QED) is 0.252. The van der Waals surface area contributed by atoms with E-state index in [9.17, 15) is 0 Å². The summed E-state index contributed by atoms with van der Waals surface area (Å²) in [4.78, 5) is 4.58. The van der Waals surface area contributed by atoms with E-state index in [2.05, 4.69) is 49.6 Å². The number of nitrogens with zero attached hydrogens (tertiary/aromatic N) is 3. The van der Waals surface area contributed by atoms with Crippen LogP contribution in [0.4, 0.5) is 11.4 Å². The van der Waals surface area contributed by atoms with Crippen molar-refractivity contribution in [3.8, 4) is 11.5 Å². The maximum Gasteiger partial charge on any atom is 2.00 e. The third kappa shape index (κ3) is 13.5. The van der Waals surface area contributed by atoms with Crippen LogP contribution >= 0.6 is 0 Å². The van der Waals surface area contributed by atoms with Gasteiger partial charge in [0.05, 0.1) is 14.2 Å². The molecule has 0 aliphatic rings. The molecule has 2 aromatic rings. The van der Waals surface area contributed by atoms with Crippen LogP contribution in [0.15, 0.2) is 65.3 Å². The normalized spacial score (nSPS) is 12.2. The van der Waals surface area contributed by atoms with E-state index in [1.165, 1.54) is 0 Å². The molecule has 0 aromatic heterocycles. The van der Waals surface area contributed by atoms with Gasteiger partial charge in [0, 0.05) is 5.71 Å². The van der Waals surface area contributed by atoms with Crippen molar-refractivity contribution in [3.05, 3.63) is 70.3 Å². The van der Waals surface area contributed by atoms with Crippen molar-refractivity contribution in [2.24, 2.45) is 4.99 Å². The van der Waals surface area contributed by atoms with Gasteiger partial charge in [-0.1, -0.05) is 105 Å². The van der Waals surface area contributed by atoms with Crippen LogP contribution in [-0.4, -0.2) is 36.4 Å². The predicted molar refractivity (Wildman–Crippen MR) is 146 cm³/mol. The molecule has 0 bridgehead atoms. The first-order chi connectivity index (χ1) is 14.8. The van der Waals surface area contributed by atoms with Gasteiger partial charge in [-0.25, -0.2) is 4.99 Å². The van der Waals surface area contributed by atoms with Crippen LogP contribution in [0, 0.1) is 0 Å². The second-order valence-electron chi connectivity index (χ2n) is 9.45. The third-order valence-corrected chi connectivity index (χ3v) is 9.22. The Hall–Kier alpha value is -1.73. The van der Waals surface area contributed by atoms with Crippen LogP contribution in [0.25, 0.3) is 9.96 Å². The van der Waals surface area contributed by atoms with Crippen molar-refractivity contribution < 1.29 is 29.0 Å². The summed E-state index contributed by atoms with van der Waals surface area (Å²) in [5.41, 5.74) is 3.30. The van der Waals surface area contributed by atoms with Gasteiger partial charge in [-0.2, -0.15) is 5.70 Å². The summed E-state index contributed by atoms with van der Waals surface area (Å²) in [6, 6.07) is 15.3. The van der Waals surface area contributed by atoms with Crippen LogP contribution < -0.4 is 9.47 Å². The molecule has 176 valence electrons. The molecule has 2 rings (SSSR count). The van der Waals surface area contributed by atoms with Crippen molar-refractivity contribution in [1.82, 2.24) is 0 Å². The monoisotopic (exact) mass is 533 g/mol. The number of hydrogen-bond donors (Lipinski definition) is 0. The first kappa shape index (κ1) is 31.3.